The second-order valence-electron chi connectivity index (χ2n) is 5.16. The number of benzene rings is 2. The molecule has 1 heterocycles. The van der Waals surface area contributed by atoms with Gasteiger partial charge in [-0.05, 0) is 36.4 Å². The highest BCUT2D eigenvalue weighted by molar-refractivity contribution is 5.95. The van der Waals surface area contributed by atoms with Gasteiger partial charge in [0.2, 0.25) is 5.88 Å². The van der Waals surface area contributed by atoms with Gasteiger partial charge in [0.1, 0.15) is 23.5 Å². The Bertz CT molecular complexity index is 885. The van der Waals surface area contributed by atoms with E-state index in [4.69, 9.17) is 15.2 Å². The standard InChI is InChI=1S/C18H17N5O3/c1-25-13-9-7-12(8-10-13)17(24)23-22-16-15(19)18(21-11-20-16)26-14-5-3-2-4-6-14/h2-11H,19H2,1H3,(H,23,24)(H,20,21,22). The zero-order valence-corrected chi connectivity index (χ0v) is 14.0. The molecule has 0 saturated heterocycles. The first-order chi connectivity index (χ1) is 12.7. The number of aromatic nitrogens is 2. The van der Waals surface area contributed by atoms with Crippen LogP contribution in [-0.2, 0) is 0 Å². The summed E-state index contributed by atoms with van der Waals surface area (Å²) < 4.78 is 10.7. The fraction of sp³-hybridized carbons (Fsp3) is 0.0556. The van der Waals surface area contributed by atoms with Crippen molar-refractivity contribution in [2.24, 2.45) is 0 Å². The number of nitrogens with one attached hydrogen (secondary N) is 2. The van der Waals surface area contributed by atoms with Crippen molar-refractivity contribution in [3.05, 3.63) is 66.5 Å². The van der Waals surface area contributed by atoms with E-state index in [1.165, 1.54) is 6.33 Å². The minimum Gasteiger partial charge on any atom is -0.497 e. The molecule has 26 heavy (non-hydrogen) atoms. The van der Waals surface area contributed by atoms with E-state index in [2.05, 4.69) is 20.8 Å². The van der Waals surface area contributed by atoms with Crippen LogP contribution in [-0.4, -0.2) is 23.0 Å². The molecule has 0 aliphatic carbocycles. The lowest BCUT2D eigenvalue weighted by Gasteiger charge is -2.12. The number of nitrogens with two attached hydrogens (primary N) is 1. The van der Waals surface area contributed by atoms with Crippen LogP contribution in [0, 0.1) is 0 Å². The minimum absolute atomic E-state index is 0.173. The summed E-state index contributed by atoms with van der Waals surface area (Å²) in [4.78, 5) is 20.2. The highest BCUT2D eigenvalue weighted by Crippen LogP contribution is 2.28. The summed E-state index contributed by atoms with van der Waals surface area (Å²) in [7, 11) is 1.56. The van der Waals surface area contributed by atoms with Crippen LogP contribution >= 0.6 is 0 Å². The first-order valence-electron chi connectivity index (χ1n) is 7.71. The monoisotopic (exact) mass is 351 g/mol. The Labute approximate surface area is 150 Å². The quantitative estimate of drug-likeness (QED) is 0.585. The third kappa shape index (κ3) is 3.99. The molecule has 0 fully saturated rings. The first kappa shape index (κ1) is 17.0. The van der Waals surface area contributed by atoms with Gasteiger partial charge < -0.3 is 15.2 Å². The van der Waals surface area contributed by atoms with Crippen molar-refractivity contribution >= 4 is 17.4 Å². The van der Waals surface area contributed by atoms with Crippen LogP contribution in [0.15, 0.2) is 60.9 Å². The molecule has 0 unspecified atom stereocenters. The Hall–Kier alpha value is -3.81. The number of ether oxygens (including phenoxy) is 2. The molecule has 0 saturated carbocycles. The van der Waals surface area contributed by atoms with Gasteiger partial charge >= 0.3 is 0 Å². The summed E-state index contributed by atoms with van der Waals surface area (Å²) in [5, 5.41) is 0. The van der Waals surface area contributed by atoms with Gasteiger partial charge in [-0.25, -0.2) is 4.98 Å². The van der Waals surface area contributed by atoms with E-state index in [0.29, 0.717) is 17.1 Å². The Morgan fingerprint density at radius 2 is 1.73 bits per heavy atom. The van der Waals surface area contributed by atoms with Gasteiger partial charge in [-0.1, -0.05) is 18.2 Å². The summed E-state index contributed by atoms with van der Waals surface area (Å²) in [6, 6.07) is 15.8. The van der Waals surface area contributed by atoms with Crippen LogP contribution in [0.4, 0.5) is 11.5 Å². The number of carbonyl (C=O) groups excluding carboxylic acids is 1. The molecule has 2 aromatic carbocycles. The highest BCUT2D eigenvalue weighted by atomic mass is 16.5. The Balaban J connectivity index is 1.67. The number of hydrogen-bond donors (Lipinski definition) is 3. The molecule has 1 aromatic heterocycles. The molecular formula is C18H17N5O3. The molecule has 0 spiro atoms. The molecule has 3 rings (SSSR count). The summed E-state index contributed by atoms with van der Waals surface area (Å²) >= 11 is 0. The normalized spacial score (nSPS) is 10.0. The molecule has 4 N–H and O–H groups in total. The van der Waals surface area contributed by atoms with Crippen LogP contribution in [0.25, 0.3) is 0 Å². The number of rotatable bonds is 6. The lowest BCUT2D eigenvalue weighted by molar-refractivity contribution is 0.0962. The topological polar surface area (TPSA) is 111 Å². The number of hydrazine groups is 1. The first-order valence-corrected chi connectivity index (χ1v) is 7.71. The second kappa shape index (κ2) is 7.84. The number of anilines is 2. The van der Waals surface area contributed by atoms with Crippen molar-refractivity contribution < 1.29 is 14.3 Å². The fourth-order valence-corrected chi connectivity index (χ4v) is 2.09. The predicted molar refractivity (Wildman–Crippen MR) is 97.0 cm³/mol. The van der Waals surface area contributed by atoms with E-state index in [0.717, 1.165) is 0 Å². The molecule has 0 aliphatic rings. The van der Waals surface area contributed by atoms with Crippen molar-refractivity contribution in [1.29, 1.82) is 0 Å². The summed E-state index contributed by atoms with van der Waals surface area (Å²) in [5.74, 6) is 1.32. The maximum Gasteiger partial charge on any atom is 0.269 e. The smallest absolute Gasteiger partial charge is 0.269 e. The molecule has 8 heteroatoms. The number of carbonyl (C=O) groups is 1. The van der Waals surface area contributed by atoms with E-state index < -0.39 is 0 Å². The Morgan fingerprint density at radius 1 is 1.00 bits per heavy atom. The maximum absolute atomic E-state index is 12.2. The van der Waals surface area contributed by atoms with Crippen molar-refractivity contribution in [2.45, 2.75) is 0 Å². The molecule has 0 bridgehead atoms. The van der Waals surface area contributed by atoms with Gasteiger partial charge in [0.25, 0.3) is 5.91 Å². The molecule has 132 valence electrons. The van der Waals surface area contributed by atoms with Crippen LogP contribution in [0.2, 0.25) is 0 Å². The third-order valence-electron chi connectivity index (χ3n) is 3.45. The zero-order chi connectivity index (χ0) is 18.4. The maximum atomic E-state index is 12.2. The average molecular weight is 351 g/mol. The summed E-state index contributed by atoms with van der Waals surface area (Å²) in [6.07, 6.45) is 1.29. The van der Waals surface area contributed by atoms with Crippen LogP contribution < -0.4 is 26.1 Å². The average Bonchev–Trinajstić information content (AvgIpc) is 2.69. The number of para-hydroxylation sites is 1. The van der Waals surface area contributed by atoms with Crippen LogP contribution in [0.5, 0.6) is 17.4 Å². The van der Waals surface area contributed by atoms with Gasteiger partial charge in [0.15, 0.2) is 5.82 Å². The van der Waals surface area contributed by atoms with Gasteiger partial charge in [0.05, 0.1) is 7.11 Å². The number of amides is 1. The largest absolute Gasteiger partial charge is 0.497 e. The zero-order valence-electron chi connectivity index (χ0n) is 14.0. The highest BCUT2D eigenvalue weighted by Gasteiger charge is 2.12. The van der Waals surface area contributed by atoms with E-state index in [9.17, 15) is 4.79 Å². The summed E-state index contributed by atoms with van der Waals surface area (Å²) in [6.45, 7) is 0. The minimum atomic E-state index is -0.351. The molecule has 3 aromatic rings. The SMILES string of the molecule is COc1ccc(C(=O)NNc2ncnc(Oc3ccccc3)c2N)cc1. The molecule has 0 aliphatic heterocycles. The van der Waals surface area contributed by atoms with E-state index in [1.54, 1.807) is 43.5 Å². The van der Waals surface area contributed by atoms with Crippen molar-refractivity contribution in [2.75, 3.05) is 18.3 Å². The molecule has 8 nitrogen and oxygen atoms in total. The Morgan fingerprint density at radius 3 is 2.42 bits per heavy atom. The number of methoxy groups -OCH3 is 1. The fourth-order valence-electron chi connectivity index (χ4n) is 2.09. The predicted octanol–water partition coefficient (Wildman–Crippen LogP) is 2.62. The van der Waals surface area contributed by atoms with E-state index in [-0.39, 0.29) is 23.3 Å². The van der Waals surface area contributed by atoms with Gasteiger partial charge in [-0.2, -0.15) is 4.98 Å². The number of nitrogen functional groups attached to an aromatic ring is 1. The third-order valence-corrected chi connectivity index (χ3v) is 3.45. The number of nitrogens with zero attached hydrogens (tertiary/aromatic N) is 2. The van der Waals surface area contributed by atoms with E-state index in [1.807, 2.05) is 18.2 Å². The molecule has 1 amide bonds. The van der Waals surface area contributed by atoms with Gasteiger partial charge in [-0.15, -0.1) is 0 Å². The lowest BCUT2D eigenvalue weighted by atomic mass is 10.2. The second-order valence-corrected chi connectivity index (χ2v) is 5.16. The van der Waals surface area contributed by atoms with Crippen LogP contribution in [0.3, 0.4) is 0 Å². The molecular weight excluding hydrogens is 334 g/mol. The van der Waals surface area contributed by atoms with Gasteiger partial charge in [-0.3, -0.25) is 15.6 Å². The molecule has 0 radical (unpaired) electrons. The number of hydrogen-bond acceptors (Lipinski definition) is 7. The lowest BCUT2D eigenvalue weighted by Crippen LogP contribution is -2.30. The van der Waals surface area contributed by atoms with Crippen molar-refractivity contribution in [3.8, 4) is 17.4 Å². The van der Waals surface area contributed by atoms with Crippen molar-refractivity contribution in [1.82, 2.24) is 15.4 Å². The van der Waals surface area contributed by atoms with E-state index >= 15 is 0 Å². The Kier molecular flexibility index (Phi) is 5.14. The molecule has 0 atom stereocenters. The van der Waals surface area contributed by atoms with Crippen LogP contribution in [0.1, 0.15) is 10.4 Å². The van der Waals surface area contributed by atoms with Crippen molar-refractivity contribution in [3.63, 3.8) is 0 Å². The van der Waals surface area contributed by atoms with Gasteiger partial charge in [0, 0.05) is 5.56 Å². The summed E-state index contributed by atoms with van der Waals surface area (Å²) in [5.41, 5.74) is 11.8.